The minimum absolute atomic E-state index is 0.195. The zero-order valence-corrected chi connectivity index (χ0v) is 13.1. The van der Waals surface area contributed by atoms with Crippen molar-refractivity contribution in [2.24, 2.45) is 0 Å². The quantitative estimate of drug-likeness (QED) is 0.404. The third-order valence-electron chi connectivity index (χ3n) is 4.23. The summed E-state index contributed by atoms with van der Waals surface area (Å²) in [5.41, 5.74) is 4.38. The first kappa shape index (κ1) is 13.9. The predicted molar refractivity (Wildman–Crippen MR) is 94.1 cm³/mol. The molecular weight excluding hydrogens is 285 g/mol. The minimum Gasteiger partial charge on any atom is -0.256 e. The van der Waals surface area contributed by atoms with Crippen molar-refractivity contribution in [1.82, 2.24) is 4.98 Å². The van der Waals surface area contributed by atoms with Crippen molar-refractivity contribution in [3.8, 4) is 11.3 Å². The number of aryl methyl sites for hydroxylation is 2. The van der Waals surface area contributed by atoms with E-state index in [1.165, 1.54) is 17.2 Å². The molecule has 0 saturated carbocycles. The summed E-state index contributed by atoms with van der Waals surface area (Å²) in [6, 6.07) is 17.4. The minimum atomic E-state index is -0.195. The molecule has 0 spiro atoms. The van der Waals surface area contributed by atoms with Gasteiger partial charge in [0.05, 0.1) is 5.69 Å². The Morgan fingerprint density at radius 3 is 2.39 bits per heavy atom. The van der Waals surface area contributed by atoms with Gasteiger partial charge in [-0.05, 0) is 48.9 Å². The van der Waals surface area contributed by atoms with Crippen molar-refractivity contribution in [3.63, 3.8) is 0 Å². The molecule has 0 unspecified atom stereocenters. The van der Waals surface area contributed by atoms with Gasteiger partial charge in [0, 0.05) is 22.5 Å². The Balaban J connectivity index is 2.17. The van der Waals surface area contributed by atoms with Crippen LogP contribution in [0.2, 0.25) is 0 Å². The molecule has 0 N–H and O–H groups in total. The molecule has 0 atom stereocenters. The maximum absolute atomic E-state index is 14.2. The molecule has 0 aliphatic carbocycles. The average molecular weight is 301 g/mol. The van der Waals surface area contributed by atoms with E-state index in [0.29, 0.717) is 5.39 Å². The van der Waals surface area contributed by atoms with Crippen LogP contribution in [0.25, 0.3) is 32.8 Å². The van der Waals surface area contributed by atoms with Crippen molar-refractivity contribution in [2.45, 2.75) is 13.8 Å². The molecule has 0 radical (unpaired) electrons. The Bertz CT molecular complexity index is 1030. The van der Waals surface area contributed by atoms with Crippen molar-refractivity contribution in [3.05, 3.63) is 77.7 Å². The normalized spacial score (nSPS) is 11.3. The highest BCUT2D eigenvalue weighted by molar-refractivity contribution is 6.13. The van der Waals surface area contributed by atoms with Gasteiger partial charge in [-0.2, -0.15) is 0 Å². The fourth-order valence-corrected chi connectivity index (χ4v) is 3.33. The number of nitrogens with zero attached hydrogens (tertiary/aromatic N) is 1. The van der Waals surface area contributed by atoms with Gasteiger partial charge in [0.25, 0.3) is 0 Å². The van der Waals surface area contributed by atoms with E-state index in [1.54, 1.807) is 6.07 Å². The van der Waals surface area contributed by atoms with Crippen LogP contribution in [0.15, 0.2) is 60.8 Å². The van der Waals surface area contributed by atoms with Crippen LogP contribution in [0, 0.1) is 19.7 Å². The lowest BCUT2D eigenvalue weighted by Crippen LogP contribution is -1.90. The van der Waals surface area contributed by atoms with Crippen LogP contribution in [0.4, 0.5) is 4.39 Å². The number of rotatable bonds is 1. The molecule has 1 heterocycles. The van der Waals surface area contributed by atoms with Gasteiger partial charge >= 0.3 is 0 Å². The first-order valence-corrected chi connectivity index (χ1v) is 7.68. The van der Waals surface area contributed by atoms with E-state index in [-0.39, 0.29) is 5.82 Å². The number of pyridine rings is 1. The first-order chi connectivity index (χ1) is 11.1. The molecule has 1 aromatic heterocycles. The molecular formula is C21H16FN. The molecule has 4 rings (SSSR count). The summed E-state index contributed by atoms with van der Waals surface area (Å²) in [4.78, 5) is 4.62. The van der Waals surface area contributed by atoms with E-state index in [2.05, 4.69) is 37.0 Å². The summed E-state index contributed by atoms with van der Waals surface area (Å²) in [6.45, 7) is 4.17. The lowest BCUT2D eigenvalue weighted by Gasteiger charge is -2.11. The standard InChI is InChI=1S/C21H16FN/c1-13-10-14(2)12-16(11-13)21-20-15(8-9-23-21)6-7-17-18(20)4-3-5-19(17)22/h3-12H,1-2H3. The van der Waals surface area contributed by atoms with Crippen LogP contribution in [-0.2, 0) is 0 Å². The molecule has 0 saturated heterocycles. The Kier molecular flexibility index (Phi) is 3.12. The molecule has 0 aliphatic heterocycles. The summed E-state index contributed by atoms with van der Waals surface area (Å²) in [5, 5.41) is 3.63. The summed E-state index contributed by atoms with van der Waals surface area (Å²) in [5.74, 6) is -0.195. The van der Waals surface area contributed by atoms with Gasteiger partial charge in [0.2, 0.25) is 0 Å². The van der Waals surface area contributed by atoms with Gasteiger partial charge in [0.15, 0.2) is 0 Å². The Morgan fingerprint density at radius 2 is 1.61 bits per heavy atom. The number of hydrogen-bond donors (Lipinski definition) is 0. The topological polar surface area (TPSA) is 12.9 Å². The summed E-state index contributed by atoms with van der Waals surface area (Å²) >= 11 is 0. The number of aromatic nitrogens is 1. The highest BCUT2D eigenvalue weighted by Crippen LogP contribution is 2.34. The lowest BCUT2D eigenvalue weighted by molar-refractivity contribution is 0.640. The van der Waals surface area contributed by atoms with Crippen LogP contribution in [0.1, 0.15) is 11.1 Å². The summed E-state index contributed by atoms with van der Waals surface area (Å²) in [7, 11) is 0. The monoisotopic (exact) mass is 301 g/mol. The Labute approximate surface area is 134 Å². The third-order valence-corrected chi connectivity index (χ3v) is 4.23. The van der Waals surface area contributed by atoms with Crippen LogP contribution >= 0.6 is 0 Å². The second-order valence-corrected chi connectivity index (χ2v) is 6.03. The van der Waals surface area contributed by atoms with Crippen molar-refractivity contribution >= 4 is 21.5 Å². The van der Waals surface area contributed by atoms with Gasteiger partial charge in [-0.1, -0.05) is 41.5 Å². The van der Waals surface area contributed by atoms with Crippen LogP contribution < -0.4 is 0 Å². The molecule has 23 heavy (non-hydrogen) atoms. The molecule has 3 aromatic carbocycles. The smallest absolute Gasteiger partial charge is 0.131 e. The predicted octanol–water partition coefficient (Wildman–Crippen LogP) is 5.81. The van der Waals surface area contributed by atoms with E-state index in [9.17, 15) is 4.39 Å². The largest absolute Gasteiger partial charge is 0.256 e. The zero-order valence-electron chi connectivity index (χ0n) is 13.1. The maximum atomic E-state index is 14.2. The zero-order chi connectivity index (χ0) is 16.0. The van der Waals surface area contributed by atoms with Crippen molar-refractivity contribution in [2.75, 3.05) is 0 Å². The van der Waals surface area contributed by atoms with E-state index < -0.39 is 0 Å². The van der Waals surface area contributed by atoms with Crippen molar-refractivity contribution < 1.29 is 4.39 Å². The molecule has 4 aromatic rings. The third kappa shape index (κ3) is 2.27. The van der Waals surface area contributed by atoms with E-state index >= 15 is 0 Å². The molecule has 0 amide bonds. The molecule has 2 heteroatoms. The van der Waals surface area contributed by atoms with E-state index in [1.807, 2.05) is 30.5 Å². The second-order valence-electron chi connectivity index (χ2n) is 6.03. The van der Waals surface area contributed by atoms with Gasteiger partial charge in [-0.3, -0.25) is 4.98 Å². The lowest BCUT2D eigenvalue weighted by atomic mass is 9.96. The Morgan fingerprint density at radius 1 is 0.826 bits per heavy atom. The van der Waals surface area contributed by atoms with E-state index in [0.717, 1.165) is 27.4 Å². The molecule has 0 bridgehead atoms. The van der Waals surface area contributed by atoms with Crippen LogP contribution in [0.5, 0.6) is 0 Å². The van der Waals surface area contributed by atoms with Gasteiger partial charge < -0.3 is 0 Å². The van der Waals surface area contributed by atoms with Crippen LogP contribution in [-0.4, -0.2) is 4.98 Å². The van der Waals surface area contributed by atoms with Gasteiger partial charge in [0.1, 0.15) is 5.82 Å². The number of hydrogen-bond acceptors (Lipinski definition) is 1. The maximum Gasteiger partial charge on any atom is 0.131 e. The SMILES string of the molecule is Cc1cc(C)cc(-c2nccc3ccc4c(F)cccc4c23)c1. The van der Waals surface area contributed by atoms with Crippen LogP contribution in [0.3, 0.4) is 0 Å². The highest BCUT2D eigenvalue weighted by atomic mass is 19.1. The molecule has 0 fully saturated rings. The molecule has 112 valence electrons. The Hall–Kier alpha value is -2.74. The van der Waals surface area contributed by atoms with Gasteiger partial charge in [-0.15, -0.1) is 0 Å². The van der Waals surface area contributed by atoms with Crippen molar-refractivity contribution in [1.29, 1.82) is 0 Å². The average Bonchev–Trinajstić information content (AvgIpc) is 2.53. The fourth-order valence-electron chi connectivity index (χ4n) is 3.33. The van der Waals surface area contributed by atoms with Gasteiger partial charge in [-0.25, -0.2) is 4.39 Å². The summed E-state index contributed by atoms with van der Waals surface area (Å²) < 4.78 is 14.2. The number of halogens is 1. The number of benzene rings is 3. The van der Waals surface area contributed by atoms with E-state index in [4.69, 9.17) is 0 Å². The number of fused-ring (bicyclic) bond motifs is 3. The first-order valence-electron chi connectivity index (χ1n) is 7.68. The molecule has 1 nitrogen and oxygen atoms in total. The second kappa shape index (κ2) is 5.17. The highest BCUT2D eigenvalue weighted by Gasteiger charge is 2.11. The molecule has 0 aliphatic rings. The summed E-state index contributed by atoms with van der Waals surface area (Å²) in [6.07, 6.45) is 1.82. The fraction of sp³-hybridized carbons (Fsp3) is 0.0952.